The Morgan fingerprint density at radius 1 is 1.23 bits per heavy atom. The maximum atomic E-state index is 10.9. The molecule has 4 nitrogen and oxygen atoms in total. The van der Waals surface area contributed by atoms with Crippen molar-refractivity contribution in [1.82, 2.24) is 5.32 Å². The highest BCUT2D eigenvalue weighted by atomic mass is 32.2. The van der Waals surface area contributed by atoms with Crippen LogP contribution >= 0.6 is 0 Å². The van der Waals surface area contributed by atoms with Gasteiger partial charge in [0.05, 0.1) is 5.75 Å². The summed E-state index contributed by atoms with van der Waals surface area (Å²) in [6, 6.07) is 0.212. The van der Waals surface area contributed by atoms with Crippen LogP contribution in [0.15, 0.2) is 0 Å². The zero-order valence-electron chi connectivity index (χ0n) is 8.74. The first-order chi connectivity index (χ1) is 5.72. The summed E-state index contributed by atoms with van der Waals surface area (Å²) in [6.07, 6.45) is 0. The van der Waals surface area contributed by atoms with Gasteiger partial charge >= 0.3 is 0 Å². The molecule has 13 heavy (non-hydrogen) atoms. The molecule has 0 aliphatic rings. The van der Waals surface area contributed by atoms with E-state index in [0.717, 1.165) is 0 Å². The fourth-order valence-corrected chi connectivity index (χ4v) is 2.09. The first-order valence-corrected chi connectivity index (χ1v) is 6.20. The molecule has 0 saturated carbocycles. The molecular weight excluding hydrogens is 188 g/mol. The number of nitrogens with two attached hydrogens (primary N) is 1. The van der Waals surface area contributed by atoms with Crippen molar-refractivity contribution in [2.24, 2.45) is 11.1 Å². The summed E-state index contributed by atoms with van der Waals surface area (Å²) < 4.78 is 21.7. The number of primary sulfonamides is 1. The highest BCUT2D eigenvalue weighted by molar-refractivity contribution is 7.89. The Labute approximate surface area is 80.9 Å². The molecule has 5 heteroatoms. The standard InChI is InChI=1S/C8H20N2O2S/c1-6(2)8(10-7(3)4)5-13(9,11)12/h6-8,10H,5H2,1-4H3,(H2,9,11,12)/t8-/m0/s1. The minimum atomic E-state index is -3.38. The molecule has 0 aromatic heterocycles. The Balaban J connectivity index is 4.28. The summed E-state index contributed by atoms with van der Waals surface area (Å²) in [6.45, 7) is 7.92. The molecule has 0 aromatic carbocycles. The van der Waals surface area contributed by atoms with Gasteiger partial charge < -0.3 is 5.32 Å². The fraction of sp³-hybridized carbons (Fsp3) is 1.00. The second-order valence-corrected chi connectivity index (χ2v) is 5.66. The highest BCUT2D eigenvalue weighted by Crippen LogP contribution is 2.04. The number of hydrogen-bond acceptors (Lipinski definition) is 3. The van der Waals surface area contributed by atoms with E-state index in [9.17, 15) is 8.42 Å². The quantitative estimate of drug-likeness (QED) is 0.682. The molecule has 0 heterocycles. The minimum Gasteiger partial charge on any atom is -0.310 e. The van der Waals surface area contributed by atoms with E-state index < -0.39 is 10.0 Å². The van der Waals surface area contributed by atoms with E-state index in [4.69, 9.17) is 5.14 Å². The molecule has 0 rings (SSSR count). The molecule has 3 N–H and O–H groups in total. The monoisotopic (exact) mass is 208 g/mol. The van der Waals surface area contributed by atoms with Gasteiger partial charge in [0.2, 0.25) is 10.0 Å². The number of rotatable bonds is 5. The molecule has 0 fully saturated rings. The van der Waals surface area contributed by atoms with Gasteiger partial charge in [0, 0.05) is 12.1 Å². The van der Waals surface area contributed by atoms with Crippen LogP contribution < -0.4 is 10.5 Å². The Kier molecular flexibility index (Phi) is 4.88. The highest BCUT2D eigenvalue weighted by Gasteiger charge is 2.19. The Bertz CT molecular complexity index is 235. The number of sulfonamides is 1. The van der Waals surface area contributed by atoms with Crippen molar-refractivity contribution in [3.8, 4) is 0 Å². The van der Waals surface area contributed by atoms with Gasteiger partial charge in [-0.05, 0) is 5.92 Å². The predicted octanol–water partition coefficient (Wildman–Crippen LogP) is 0.298. The number of nitrogens with one attached hydrogen (secondary N) is 1. The lowest BCUT2D eigenvalue weighted by molar-refractivity contribution is 0.395. The van der Waals surface area contributed by atoms with Crippen molar-refractivity contribution in [1.29, 1.82) is 0 Å². The lowest BCUT2D eigenvalue weighted by Gasteiger charge is -2.23. The van der Waals surface area contributed by atoms with E-state index >= 15 is 0 Å². The Hall–Kier alpha value is -0.130. The average molecular weight is 208 g/mol. The van der Waals surface area contributed by atoms with E-state index in [1.807, 2.05) is 27.7 Å². The van der Waals surface area contributed by atoms with E-state index in [0.29, 0.717) is 0 Å². The van der Waals surface area contributed by atoms with Crippen LogP contribution in [0.25, 0.3) is 0 Å². The molecular formula is C8H20N2O2S. The zero-order chi connectivity index (χ0) is 10.6. The van der Waals surface area contributed by atoms with Gasteiger partial charge in [0.15, 0.2) is 0 Å². The lowest BCUT2D eigenvalue weighted by Crippen LogP contribution is -2.44. The van der Waals surface area contributed by atoms with Crippen LogP contribution in [0.2, 0.25) is 0 Å². The van der Waals surface area contributed by atoms with Gasteiger partial charge in [-0.15, -0.1) is 0 Å². The van der Waals surface area contributed by atoms with Crippen molar-refractivity contribution >= 4 is 10.0 Å². The zero-order valence-corrected chi connectivity index (χ0v) is 9.56. The second kappa shape index (κ2) is 4.93. The van der Waals surface area contributed by atoms with Gasteiger partial charge in [0.25, 0.3) is 0 Å². The van der Waals surface area contributed by atoms with Crippen molar-refractivity contribution in [2.75, 3.05) is 5.75 Å². The molecule has 0 unspecified atom stereocenters. The van der Waals surface area contributed by atoms with E-state index in [1.54, 1.807) is 0 Å². The summed E-state index contributed by atoms with van der Waals surface area (Å²) in [7, 11) is -3.38. The van der Waals surface area contributed by atoms with E-state index in [-0.39, 0.29) is 23.8 Å². The molecule has 0 spiro atoms. The van der Waals surface area contributed by atoms with Crippen LogP contribution in [0.1, 0.15) is 27.7 Å². The second-order valence-electron chi connectivity index (χ2n) is 4.00. The summed E-state index contributed by atoms with van der Waals surface area (Å²) >= 11 is 0. The average Bonchev–Trinajstić information content (AvgIpc) is 1.81. The smallest absolute Gasteiger partial charge is 0.210 e. The minimum absolute atomic E-state index is 0.00282. The van der Waals surface area contributed by atoms with Crippen LogP contribution in [0.5, 0.6) is 0 Å². The van der Waals surface area contributed by atoms with Crippen molar-refractivity contribution in [3.63, 3.8) is 0 Å². The SMILES string of the molecule is CC(C)N[C@@H](CS(N)(=O)=O)C(C)C. The molecule has 0 aliphatic carbocycles. The molecule has 0 aromatic rings. The molecule has 0 aliphatic heterocycles. The first-order valence-electron chi connectivity index (χ1n) is 4.49. The maximum absolute atomic E-state index is 10.9. The van der Waals surface area contributed by atoms with Crippen molar-refractivity contribution in [2.45, 2.75) is 39.8 Å². The molecule has 0 saturated heterocycles. The Morgan fingerprint density at radius 2 is 1.69 bits per heavy atom. The summed E-state index contributed by atoms with van der Waals surface area (Å²) in [5, 5.41) is 8.16. The van der Waals surface area contributed by atoms with Crippen molar-refractivity contribution < 1.29 is 8.42 Å². The molecule has 1 atom stereocenters. The van der Waals surface area contributed by atoms with Crippen LogP contribution in [0.3, 0.4) is 0 Å². The Morgan fingerprint density at radius 3 is 1.92 bits per heavy atom. The van der Waals surface area contributed by atoms with Crippen molar-refractivity contribution in [3.05, 3.63) is 0 Å². The van der Waals surface area contributed by atoms with Crippen LogP contribution in [-0.2, 0) is 10.0 Å². The molecule has 0 bridgehead atoms. The topological polar surface area (TPSA) is 72.2 Å². The first kappa shape index (κ1) is 12.9. The molecule has 0 amide bonds. The van der Waals surface area contributed by atoms with Crippen LogP contribution in [0, 0.1) is 5.92 Å². The molecule has 0 radical (unpaired) electrons. The summed E-state index contributed by atoms with van der Waals surface area (Å²) in [4.78, 5) is 0. The third-order valence-electron chi connectivity index (χ3n) is 1.76. The largest absolute Gasteiger partial charge is 0.310 e. The van der Waals surface area contributed by atoms with E-state index in [1.165, 1.54) is 0 Å². The van der Waals surface area contributed by atoms with Crippen LogP contribution in [-0.4, -0.2) is 26.3 Å². The normalized spacial score (nSPS) is 15.3. The lowest BCUT2D eigenvalue weighted by atomic mass is 10.1. The predicted molar refractivity (Wildman–Crippen MR) is 54.9 cm³/mol. The van der Waals surface area contributed by atoms with Gasteiger partial charge in [-0.3, -0.25) is 0 Å². The fourth-order valence-electron chi connectivity index (χ4n) is 1.11. The number of hydrogen-bond donors (Lipinski definition) is 2. The third kappa shape index (κ3) is 6.98. The maximum Gasteiger partial charge on any atom is 0.210 e. The van der Waals surface area contributed by atoms with Gasteiger partial charge in [-0.2, -0.15) is 0 Å². The summed E-state index contributed by atoms with van der Waals surface area (Å²) in [5.74, 6) is 0.267. The van der Waals surface area contributed by atoms with Crippen LogP contribution in [0.4, 0.5) is 0 Å². The van der Waals surface area contributed by atoms with Gasteiger partial charge in [-0.25, -0.2) is 13.6 Å². The van der Waals surface area contributed by atoms with Gasteiger partial charge in [-0.1, -0.05) is 27.7 Å². The third-order valence-corrected chi connectivity index (χ3v) is 2.59. The van der Waals surface area contributed by atoms with Gasteiger partial charge in [0.1, 0.15) is 0 Å². The molecule has 80 valence electrons. The van der Waals surface area contributed by atoms with E-state index in [2.05, 4.69) is 5.32 Å². The summed E-state index contributed by atoms with van der Waals surface area (Å²) in [5.41, 5.74) is 0.